The van der Waals surface area contributed by atoms with Gasteiger partial charge in [-0.15, -0.1) is 0 Å². The highest BCUT2D eigenvalue weighted by molar-refractivity contribution is 6.31. The zero-order valence-electron chi connectivity index (χ0n) is 12.4. The lowest BCUT2D eigenvalue weighted by atomic mass is 10.1. The molecule has 2 heterocycles. The van der Waals surface area contributed by atoms with Crippen LogP contribution in [0, 0.1) is 0 Å². The number of aromatic amines is 1. The quantitative estimate of drug-likeness (QED) is 0.770. The molecule has 0 spiro atoms. The van der Waals surface area contributed by atoms with Crippen molar-refractivity contribution < 1.29 is 4.74 Å². The molecule has 0 unspecified atom stereocenters. The Morgan fingerprint density at radius 1 is 1.00 bits per heavy atom. The summed E-state index contributed by atoms with van der Waals surface area (Å²) < 4.78 is 5.91. The Bertz CT molecular complexity index is 805. The molecule has 0 atom stereocenters. The van der Waals surface area contributed by atoms with Crippen molar-refractivity contribution in [2.24, 2.45) is 0 Å². The molecule has 3 aromatic rings. The van der Waals surface area contributed by atoms with Gasteiger partial charge in [-0.3, -0.25) is 4.90 Å². The van der Waals surface area contributed by atoms with Gasteiger partial charge in [-0.1, -0.05) is 17.7 Å². The third-order valence-corrected chi connectivity index (χ3v) is 4.64. The third-order valence-electron chi connectivity index (χ3n) is 4.41. The lowest BCUT2D eigenvalue weighted by Gasteiger charge is -2.14. The summed E-state index contributed by atoms with van der Waals surface area (Å²) in [6, 6.07) is 12.2. The summed E-state index contributed by atoms with van der Waals surface area (Å²) in [5.74, 6) is 0.921. The molecule has 4 rings (SSSR count). The van der Waals surface area contributed by atoms with Gasteiger partial charge in [0.1, 0.15) is 12.4 Å². The summed E-state index contributed by atoms with van der Waals surface area (Å²) in [4.78, 5) is 5.88. The Morgan fingerprint density at radius 2 is 1.73 bits per heavy atom. The Balaban J connectivity index is 1.53. The Labute approximate surface area is 134 Å². The summed E-state index contributed by atoms with van der Waals surface area (Å²) in [5, 5.41) is 3.16. The molecule has 22 heavy (non-hydrogen) atoms. The standard InChI is InChI=1S/C18H19ClN2O/c19-13-3-5-15-16-6-4-14(12-18(16)20-17(15)11-13)22-10-9-21-7-1-2-8-21/h3-6,11-12,20H,1-2,7-10H2. The molecule has 0 aliphatic carbocycles. The van der Waals surface area contributed by atoms with Crippen LogP contribution in [0.1, 0.15) is 12.8 Å². The van der Waals surface area contributed by atoms with Gasteiger partial charge in [0, 0.05) is 33.9 Å². The van der Waals surface area contributed by atoms with Crippen molar-refractivity contribution in [1.82, 2.24) is 9.88 Å². The van der Waals surface area contributed by atoms with Gasteiger partial charge in [0.25, 0.3) is 0 Å². The molecule has 1 fully saturated rings. The second-order valence-electron chi connectivity index (χ2n) is 5.92. The van der Waals surface area contributed by atoms with Crippen LogP contribution < -0.4 is 4.74 Å². The van der Waals surface area contributed by atoms with E-state index in [0.29, 0.717) is 0 Å². The maximum atomic E-state index is 6.06. The molecule has 1 N–H and O–H groups in total. The van der Waals surface area contributed by atoms with Crippen molar-refractivity contribution >= 4 is 33.4 Å². The van der Waals surface area contributed by atoms with Crippen LogP contribution in [0.15, 0.2) is 36.4 Å². The van der Waals surface area contributed by atoms with Gasteiger partial charge in [-0.2, -0.15) is 0 Å². The number of ether oxygens (including phenoxy) is 1. The first-order valence-electron chi connectivity index (χ1n) is 7.86. The summed E-state index contributed by atoms with van der Waals surface area (Å²) >= 11 is 6.06. The van der Waals surface area contributed by atoms with Crippen LogP contribution in [-0.4, -0.2) is 36.1 Å². The number of likely N-dealkylation sites (tertiary alicyclic amines) is 1. The Morgan fingerprint density at radius 3 is 2.55 bits per heavy atom. The van der Waals surface area contributed by atoms with Gasteiger partial charge >= 0.3 is 0 Å². The number of aromatic nitrogens is 1. The fraction of sp³-hybridized carbons (Fsp3) is 0.333. The van der Waals surface area contributed by atoms with Gasteiger partial charge < -0.3 is 9.72 Å². The number of H-pyrrole nitrogens is 1. The predicted octanol–water partition coefficient (Wildman–Crippen LogP) is 4.45. The van der Waals surface area contributed by atoms with Crippen molar-refractivity contribution in [1.29, 1.82) is 0 Å². The molecule has 0 saturated carbocycles. The van der Waals surface area contributed by atoms with E-state index in [1.54, 1.807) is 0 Å². The number of fused-ring (bicyclic) bond motifs is 3. The average Bonchev–Trinajstić information content (AvgIpc) is 3.13. The maximum absolute atomic E-state index is 6.06. The fourth-order valence-electron chi connectivity index (χ4n) is 3.25. The first-order chi connectivity index (χ1) is 10.8. The average molecular weight is 315 g/mol. The highest BCUT2D eigenvalue weighted by atomic mass is 35.5. The van der Waals surface area contributed by atoms with E-state index in [0.717, 1.165) is 35.0 Å². The molecule has 2 aromatic carbocycles. The Kier molecular flexibility index (Phi) is 3.68. The molecule has 0 bridgehead atoms. The Hall–Kier alpha value is -1.71. The lowest BCUT2D eigenvalue weighted by Crippen LogP contribution is -2.25. The first-order valence-corrected chi connectivity index (χ1v) is 8.23. The van der Waals surface area contributed by atoms with Crippen molar-refractivity contribution in [3.8, 4) is 5.75 Å². The van der Waals surface area contributed by atoms with Crippen molar-refractivity contribution in [3.63, 3.8) is 0 Å². The van der Waals surface area contributed by atoms with Gasteiger partial charge in [0.2, 0.25) is 0 Å². The molecule has 0 amide bonds. The van der Waals surface area contributed by atoms with Crippen LogP contribution in [0.2, 0.25) is 5.02 Å². The highest BCUT2D eigenvalue weighted by Gasteiger charge is 2.11. The van der Waals surface area contributed by atoms with E-state index in [1.165, 1.54) is 36.7 Å². The van der Waals surface area contributed by atoms with E-state index in [2.05, 4.69) is 28.1 Å². The first kappa shape index (κ1) is 13.9. The van der Waals surface area contributed by atoms with E-state index in [1.807, 2.05) is 18.2 Å². The molecule has 1 aliphatic rings. The van der Waals surface area contributed by atoms with Crippen LogP contribution in [0.25, 0.3) is 21.8 Å². The molecule has 114 valence electrons. The monoisotopic (exact) mass is 314 g/mol. The van der Waals surface area contributed by atoms with Crippen molar-refractivity contribution in [3.05, 3.63) is 41.4 Å². The summed E-state index contributed by atoms with van der Waals surface area (Å²) in [7, 11) is 0. The number of hydrogen-bond acceptors (Lipinski definition) is 2. The van der Waals surface area contributed by atoms with Gasteiger partial charge in [-0.05, 0) is 50.2 Å². The van der Waals surface area contributed by atoms with Crippen LogP contribution in [0.3, 0.4) is 0 Å². The highest BCUT2D eigenvalue weighted by Crippen LogP contribution is 2.29. The van der Waals surface area contributed by atoms with E-state index in [9.17, 15) is 0 Å². The molecule has 1 saturated heterocycles. The molecule has 0 radical (unpaired) electrons. The normalized spacial score (nSPS) is 15.9. The number of nitrogens with zero attached hydrogens (tertiary/aromatic N) is 1. The maximum Gasteiger partial charge on any atom is 0.121 e. The number of benzene rings is 2. The fourth-order valence-corrected chi connectivity index (χ4v) is 3.42. The minimum atomic E-state index is 0.748. The summed E-state index contributed by atoms with van der Waals surface area (Å²) in [6.07, 6.45) is 2.65. The molecular formula is C18H19ClN2O. The zero-order valence-corrected chi connectivity index (χ0v) is 13.2. The largest absolute Gasteiger partial charge is 0.492 e. The summed E-state index contributed by atoms with van der Waals surface area (Å²) in [5.41, 5.74) is 2.16. The third kappa shape index (κ3) is 2.67. The van der Waals surface area contributed by atoms with Crippen molar-refractivity contribution in [2.75, 3.05) is 26.2 Å². The number of halogens is 1. The van der Waals surface area contributed by atoms with Crippen LogP contribution in [0.4, 0.5) is 0 Å². The van der Waals surface area contributed by atoms with Crippen molar-refractivity contribution in [2.45, 2.75) is 12.8 Å². The smallest absolute Gasteiger partial charge is 0.121 e. The molecular weight excluding hydrogens is 296 g/mol. The van der Waals surface area contributed by atoms with E-state index < -0.39 is 0 Å². The number of rotatable bonds is 4. The van der Waals surface area contributed by atoms with E-state index >= 15 is 0 Å². The molecule has 1 aliphatic heterocycles. The molecule has 3 nitrogen and oxygen atoms in total. The minimum Gasteiger partial charge on any atom is -0.492 e. The minimum absolute atomic E-state index is 0.748. The molecule has 4 heteroatoms. The topological polar surface area (TPSA) is 28.3 Å². The van der Waals surface area contributed by atoms with Gasteiger partial charge in [0.15, 0.2) is 0 Å². The SMILES string of the molecule is Clc1ccc2c(c1)[nH]c1cc(OCCN3CCCC3)ccc12. The second-order valence-corrected chi connectivity index (χ2v) is 6.36. The molecule has 1 aromatic heterocycles. The van der Waals surface area contributed by atoms with E-state index in [-0.39, 0.29) is 0 Å². The summed E-state index contributed by atoms with van der Waals surface area (Å²) in [6.45, 7) is 4.19. The van der Waals surface area contributed by atoms with Crippen LogP contribution >= 0.6 is 11.6 Å². The van der Waals surface area contributed by atoms with Crippen LogP contribution in [-0.2, 0) is 0 Å². The number of hydrogen-bond donors (Lipinski definition) is 1. The second kappa shape index (κ2) is 5.82. The van der Waals surface area contributed by atoms with E-state index in [4.69, 9.17) is 16.3 Å². The zero-order chi connectivity index (χ0) is 14.9. The van der Waals surface area contributed by atoms with Gasteiger partial charge in [0.05, 0.1) is 5.52 Å². The number of nitrogens with one attached hydrogen (secondary N) is 1. The lowest BCUT2D eigenvalue weighted by molar-refractivity contribution is 0.238. The van der Waals surface area contributed by atoms with Gasteiger partial charge in [-0.25, -0.2) is 0 Å². The predicted molar refractivity (Wildman–Crippen MR) is 92.0 cm³/mol. The van der Waals surface area contributed by atoms with Crippen LogP contribution in [0.5, 0.6) is 5.75 Å².